The Bertz CT molecular complexity index is 626. The van der Waals surface area contributed by atoms with Crippen LogP contribution < -0.4 is 5.32 Å². The van der Waals surface area contributed by atoms with Crippen LogP contribution in [0.15, 0.2) is 48.6 Å². The van der Waals surface area contributed by atoms with E-state index in [4.69, 9.17) is 0 Å². The van der Waals surface area contributed by atoms with Crippen molar-refractivity contribution >= 4 is 5.91 Å². The number of rotatable bonds is 25. The molecule has 0 aromatic carbocycles. The van der Waals surface area contributed by atoms with E-state index < -0.39 is 18.2 Å². The Labute approximate surface area is 227 Å². The van der Waals surface area contributed by atoms with Crippen molar-refractivity contribution in [3.05, 3.63) is 48.6 Å². The predicted molar refractivity (Wildman–Crippen MR) is 157 cm³/mol. The summed E-state index contributed by atoms with van der Waals surface area (Å²) in [6, 6.07) is -0.768. The molecule has 0 aromatic rings. The summed E-state index contributed by atoms with van der Waals surface area (Å²) in [5.74, 6) is -0.347. The lowest BCUT2D eigenvalue weighted by molar-refractivity contribution is -0.124. The molecular formula is C32H57NO4. The van der Waals surface area contributed by atoms with Gasteiger partial charge in [0.25, 0.3) is 0 Å². The Balaban J connectivity index is 3.96. The Kier molecular flexibility index (Phi) is 26.1. The van der Waals surface area contributed by atoms with Crippen LogP contribution in [0.2, 0.25) is 0 Å². The molecule has 214 valence electrons. The summed E-state index contributed by atoms with van der Waals surface area (Å²) in [6.45, 7) is 4.06. The molecule has 0 aromatic heterocycles. The van der Waals surface area contributed by atoms with E-state index in [9.17, 15) is 20.1 Å². The van der Waals surface area contributed by atoms with Gasteiger partial charge in [-0.3, -0.25) is 4.79 Å². The fourth-order valence-electron chi connectivity index (χ4n) is 3.94. The second kappa shape index (κ2) is 27.3. The van der Waals surface area contributed by atoms with Crippen molar-refractivity contribution in [2.24, 2.45) is 0 Å². The number of carbonyl (C=O) groups is 1. The van der Waals surface area contributed by atoms with Gasteiger partial charge in [-0.25, -0.2) is 0 Å². The number of carbonyl (C=O) groups excluding carboxylic acids is 1. The van der Waals surface area contributed by atoms with Crippen LogP contribution in [-0.4, -0.2) is 46.1 Å². The first-order valence-corrected chi connectivity index (χ1v) is 14.9. The molecule has 0 fully saturated rings. The Morgan fingerprint density at radius 2 is 1.19 bits per heavy atom. The smallest absolute Gasteiger partial charge is 0.222 e. The summed E-state index contributed by atoms with van der Waals surface area (Å²) >= 11 is 0. The quantitative estimate of drug-likeness (QED) is 0.0766. The third-order valence-electron chi connectivity index (χ3n) is 6.32. The molecule has 0 aliphatic carbocycles. The van der Waals surface area contributed by atoms with Crippen LogP contribution in [0.1, 0.15) is 123 Å². The molecule has 0 bridgehead atoms. The topological polar surface area (TPSA) is 89.8 Å². The summed E-state index contributed by atoms with van der Waals surface area (Å²) < 4.78 is 0. The van der Waals surface area contributed by atoms with Crippen LogP contribution in [0.25, 0.3) is 0 Å². The van der Waals surface area contributed by atoms with Gasteiger partial charge in [-0.15, -0.1) is 0 Å². The highest BCUT2D eigenvalue weighted by molar-refractivity contribution is 5.76. The van der Waals surface area contributed by atoms with Crippen molar-refractivity contribution in [1.29, 1.82) is 0 Å². The normalized spacial score (nSPS) is 14.8. The standard InChI is InChI=1S/C32H57NO4/c1-3-5-7-9-11-13-15-16-18-20-22-24-26-31(36)30(28-34)33-32(37)27-29(35)25-23-21-19-17-14-12-10-8-6-4-2/h9,11-12,14,16,18,24,26,29-31,34-36H,3-8,10,13,15,17,19-23,25,27-28H2,1-2H3,(H,33,37)/b11-9+,14-12-,18-16+,26-24+. The maximum absolute atomic E-state index is 12.2. The largest absolute Gasteiger partial charge is 0.394 e. The maximum atomic E-state index is 12.2. The molecule has 3 atom stereocenters. The van der Waals surface area contributed by atoms with Crippen LogP contribution in [-0.2, 0) is 4.79 Å². The highest BCUT2D eigenvalue weighted by Crippen LogP contribution is 2.10. The number of amides is 1. The summed E-state index contributed by atoms with van der Waals surface area (Å²) in [6.07, 6.45) is 32.3. The van der Waals surface area contributed by atoms with Crippen molar-refractivity contribution in [2.75, 3.05) is 6.61 Å². The lowest BCUT2D eigenvalue weighted by Crippen LogP contribution is -2.45. The lowest BCUT2D eigenvalue weighted by atomic mass is 10.1. The average Bonchev–Trinajstić information content (AvgIpc) is 2.88. The Morgan fingerprint density at radius 1 is 0.676 bits per heavy atom. The fourth-order valence-corrected chi connectivity index (χ4v) is 3.94. The first-order valence-electron chi connectivity index (χ1n) is 14.9. The van der Waals surface area contributed by atoms with Gasteiger partial charge in [0.2, 0.25) is 5.91 Å². The molecule has 0 rings (SSSR count). The number of unbranched alkanes of at least 4 members (excludes halogenated alkanes) is 10. The van der Waals surface area contributed by atoms with Crippen molar-refractivity contribution in [2.45, 2.75) is 141 Å². The molecule has 0 saturated carbocycles. The Morgan fingerprint density at radius 3 is 1.76 bits per heavy atom. The SMILES string of the molecule is CCCC/C=C/CC/C=C/CC/C=C/C(O)C(CO)NC(=O)CC(O)CCCCC/C=C\CCCCC. The molecule has 5 heteroatoms. The van der Waals surface area contributed by atoms with Crippen LogP contribution in [0.4, 0.5) is 0 Å². The molecular weight excluding hydrogens is 462 g/mol. The third kappa shape index (κ3) is 24.4. The number of aliphatic hydroxyl groups is 3. The summed E-state index contributed by atoms with van der Waals surface area (Å²) in [5, 5.41) is 32.7. The highest BCUT2D eigenvalue weighted by Gasteiger charge is 2.19. The van der Waals surface area contributed by atoms with E-state index in [1.54, 1.807) is 6.08 Å². The third-order valence-corrected chi connectivity index (χ3v) is 6.32. The van der Waals surface area contributed by atoms with Gasteiger partial charge in [0.05, 0.1) is 31.3 Å². The molecule has 0 aliphatic rings. The van der Waals surface area contributed by atoms with Crippen LogP contribution in [0, 0.1) is 0 Å². The molecule has 0 radical (unpaired) electrons. The summed E-state index contributed by atoms with van der Waals surface area (Å²) in [5.41, 5.74) is 0. The summed E-state index contributed by atoms with van der Waals surface area (Å²) in [4.78, 5) is 12.2. The molecule has 0 aliphatic heterocycles. The van der Waals surface area contributed by atoms with E-state index in [0.717, 1.165) is 57.8 Å². The van der Waals surface area contributed by atoms with Gasteiger partial charge < -0.3 is 20.6 Å². The zero-order valence-corrected chi connectivity index (χ0v) is 23.8. The Hall–Kier alpha value is -1.69. The monoisotopic (exact) mass is 519 g/mol. The van der Waals surface area contributed by atoms with Crippen molar-refractivity contribution in [3.8, 4) is 0 Å². The predicted octanol–water partition coefficient (Wildman–Crippen LogP) is 7.08. The fraction of sp³-hybridized carbons (Fsp3) is 0.719. The van der Waals surface area contributed by atoms with E-state index in [2.05, 4.69) is 55.6 Å². The zero-order valence-electron chi connectivity index (χ0n) is 23.8. The van der Waals surface area contributed by atoms with Crippen molar-refractivity contribution in [3.63, 3.8) is 0 Å². The van der Waals surface area contributed by atoms with Gasteiger partial charge in [-0.2, -0.15) is 0 Å². The first-order chi connectivity index (χ1) is 18.0. The first kappa shape index (κ1) is 35.3. The second-order valence-electron chi connectivity index (χ2n) is 9.98. The van der Waals surface area contributed by atoms with Gasteiger partial charge in [-0.1, -0.05) is 101 Å². The van der Waals surface area contributed by atoms with E-state index >= 15 is 0 Å². The number of aliphatic hydroxyl groups excluding tert-OH is 3. The zero-order chi connectivity index (χ0) is 27.4. The minimum Gasteiger partial charge on any atom is -0.394 e. The van der Waals surface area contributed by atoms with Gasteiger partial charge in [-0.05, 0) is 64.2 Å². The van der Waals surface area contributed by atoms with E-state index in [0.29, 0.717) is 6.42 Å². The maximum Gasteiger partial charge on any atom is 0.222 e. The molecule has 1 amide bonds. The number of hydrogen-bond acceptors (Lipinski definition) is 4. The number of nitrogens with one attached hydrogen (secondary N) is 1. The minimum atomic E-state index is -0.960. The summed E-state index contributed by atoms with van der Waals surface area (Å²) in [7, 11) is 0. The molecule has 0 saturated heterocycles. The molecule has 4 N–H and O–H groups in total. The number of hydrogen-bond donors (Lipinski definition) is 4. The van der Waals surface area contributed by atoms with E-state index in [1.165, 1.54) is 38.5 Å². The van der Waals surface area contributed by atoms with E-state index in [1.807, 2.05) is 6.08 Å². The molecule has 3 unspecified atom stereocenters. The molecule has 5 nitrogen and oxygen atoms in total. The van der Waals surface area contributed by atoms with E-state index in [-0.39, 0.29) is 18.9 Å². The van der Waals surface area contributed by atoms with Crippen LogP contribution in [0.5, 0.6) is 0 Å². The second-order valence-corrected chi connectivity index (χ2v) is 9.98. The highest BCUT2D eigenvalue weighted by atomic mass is 16.3. The van der Waals surface area contributed by atoms with Gasteiger partial charge >= 0.3 is 0 Å². The molecule has 37 heavy (non-hydrogen) atoms. The van der Waals surface area contributed by atoms with Gasteiger partial charge in [0.15, 0.2) is 0 Å². The minimum absolute atomic E-state index is 0.0111. The van der Waals surface area contributed by atoms with Crippen LogP contribution >= 0.6 is 0 Å². The van der Waals surface area contributed by atoms with Gasteiger partial charge in [0.1, 0.15) is 0 Å². The lowest BCUT2D eigenvalue weighted by Gasteiger charge is -2.20. The molecule has 0 spiro atoms. The van der Waals surface area contributed by atoms with Crippen molar-refractivity contribution in [1.82, 2.24) is 5.32 Å². The molecule has 0 heterocycles. The number of allylic oxidation sites excluding steroid dienone is 7. The van der Waals surface area contributed by atoms with Gasteiger partial charge in [0, 0.05) is 0 Å². The van der Waals surface area contributed by atoms with Crippen molar-refractivity contribution < 1.29 is 20.1 Å². The van der Waals surface area contributed by atoms with Crippen LogP contribution in [0.3, 0.4) is 0 Å². The average molecular weight is 520 g/mol.